The summed E-state index contributed by atoms with van der Waals surface area (Å²) in [5.74, 6) is 0. The van der Waals surface area contributed by atoms with Crippen LogP contribution >= 0.6 is 38.9 Å². The normalized spacial score (nSPS) is 12.6. The van der Waals surface area contributed by atoms with E-state index in [1.807, 2.05) is 12.1 Å². The highest BCUT2D eigenvalue weighted by Crippen LogP contribution is 2.32. The third kappa shape index (κ3) is 4.06. The lowest BCUT2D eigenvalue weighted by Gasteiger charge is -2.20. The molecular formula is C15H17BrClNS. The van der Waals surface area contributed by atoms with Gasteiger partial charge in [-0.1, -0.05) is 30.7 Å². The van der Waals surface area contributed by atoms with E-state index in [2.05, 4.69) is 51.1 Å². The Kier molecular flexibility index (Phi) is 5.89. The zero-order chi connectivity index (χ0) is 13.7. The molecule has 0 spiro atoms. The Labute approximate surface area is 132 Å². The molecule has 1 atom stereocenters. The average molecular weight is 359 g/mol. The molecule has 1 aromatic heterocycles. The van der Waals surface area contributed by atoms with Gasteiger partial charge >= 0.3 is 0 Å². The van der Waals surface area contributed by atoms with Gasteiger partial charge in [0.1, 0.15) is 0 Å². The smallest absolute Gasteiger partial charge is 0.0595 e. The fraction of sp³-hybridized carbons (Fsp3) is 0.333. The predicted octanol–water partition coefficient (Wildman–Crippen LogP) is 5.45. The summed E-state index contributed by atoms with van der Waals surface area (Å²) >= 11 is 11.6. The second kappa shape index (κ2) is 7.44. The van der Waals surface area contributed by atoms with E-state index in [0.717, 1.165) is 28.9 Å². The number of nitrogens with one attached hydrogen (secondary N) is 1. The minimum absolute atomic E-state index is 0.301. The van der Waals surface area contributed by atoms with Crippen LogP contribution in [0.3, 0.4) is 0 Å². The Hall–Kier alpha value is -0.350. The second-order valence-corrected chi connectivity index (χ2v) is 6.44. The molecule has 0 fully saturated rings. The van der Waals surface area contributed by atoms with Crippen molar-refractivity contribution in [2.75, 3.05) is 6.54 Å². The van der Waals surface area contributed by atoms with Crippen LogP contribution in [0.15, 0.2) is 39.5 Å². The van der Waals surface area contributed by atoms with Crippen molar-refractivity contribution < 1.29 is 0 Å². The van der Waals surface area contributed by atoms with Crippen LogP contribution in [0.4, 0.5) is 0 Å². The number of thiophene rings is 1. The molecule has 0 aliphatic heterocycles. The van der Waals surface area contributed by atoms with Crippen LogP contribution in [0.2, 0.25) is 5.02 Å². The number of halogens is 2. The molecule has 2 rings (SSSR count). The molecule has 2 aromatic rings. The first-order chi connectivity index (χ1) is 9.22. The minimum atomic E-state index is 0.301. The predicted molar refractivity (Wildman–Crippen MR) is 88.2 cm³/mol. The Balaban J connectivity index is 2.12. The SMILES string of the molecule is CCNC(CCc1ccsc1)c1cccc(Br)c1Cl. The Morgan fingerprint density at radius 3 is 2.89 bits per heavy atom. The van der Waals surface area contributed by atoms with Crippen molar-refractivity contribution in [1.82, 2.24) is 5.32 Å². The first-order valence-corrected chi connectivity index (χ1v) is 8.52. The van der Waals surface area contributed by atoms with E-state index in [4.69, 9.17) is 11.6 Å². The Bertz CT molecular complexity index is 513. The summed E-state index contributed by atoms with van der Waals surface area (Å²) in [6.07, 6.45) is 2.13. The minimum Gasteiger partial charge on any atom is -0.310 e. The van der Waals surface area contributed by atoms with Gasteiger partial charge in [-0.2, -0.15) is 11.3 Å². The van der Waals surface area contributed by atoms with Gasteiger partial charge in [-0.15, -0.1) is 0 Å². The fourth-order valence-electron chi connectivity index (χ4n) is 2.15. The Morgan fingerprint density at radius 1 is 1.37 bits per heavy atom. The summed E-state index contributed by atoms with van der Waals surface area (Å²) < 4.78 is 0.963. The molecule has 0 bridgehead atoms. The average Bonchev–Trinajstić information content (AvgIpc) is 2.91. The zero-order valence-electron chi connectivity index (χ0n) is 10.8. The zero-order valence-corrected chi connectivity index (χ0v) is 14.0. The maximum absolute atomic E-state index is 6.40. The van der Waals surface area contributed by atoms with E-state index in [-0.39, 0.29) is 0 Å². The van der Waals surface area contributed by atoms with Crippen LogP contribution in [0.1, 0.15) is 30.5 Å². The molecule has 1 heterocycles. The van der Waals surface area contributed by atoms with Gasteiger partial charge in [0.05, 0.1) is 5.02 Å². The molecule has 1 aromatic carbocycles. The van der Waals surface area contributed by atoms with Gasteiger partial charge in [0, 0.05) is 10.5 Å². The molecule has 102 valence electrons. The molecule has 0 saturated heterocycles. The molecule has 1 unspecified atom stereocenters. The summed E-state index contributed by atoms with van der Waals surface area (Å²) in [4.78, 5) is 0. The van der Waals surface area contributed by atoms with Crippen molar-refractivity contribution in [3.63, 3.8) is 0 Å². The molecule has 0 aliphatic rings. The molecule has 4 heteroatoms. The molecule has 0 radical (unpaired) electrons. The van der Waals surface area contributed by atoms with Gasteiger partial charge in [0.25, 0.3) is 0 Å². The van der Waals surface area contributed by atoms with Crippen LogP contribution in [0, 0.1) is 0 Å². The maximum atomic E-state index is 6.40. The van der Waals surface area contributed by atoms with Crippen molar-refractivity contribution in [3.8, 4) is 0 Å². The van der Waals surface area contributed by atoms with E-state index in [1.54, 1.807) is 11.3 Å². The van der Waals surface area contributed by atoms with Crippen LogP contribution in [0.25, 0.3) is 0 Å². The highest BCUT2D eigenvalue weighted by Gasteiger charge is 2.15. The molecule has 19 heavy (non-hydrogen) atoms. The lowest BCUT2D eigenvalue weighted by Crippen LogP contribution is -2.21. The van der Waals surface area contributed by atoms with Crippen molar-refractivity contribution in [2.45, 2.75) is 25.8 Å². The van der Waals surface area contributed by atoms with Gasteiger partial charge in [-0.05, 0) is 69.3 Å². The molecular weight excluding hydrogens is 342 g/mol. The number of rotatable bonds is 6. The largest absolute Gasteiger partial charge is 0.310 e. The van der Waals surface area contributed by atoms with Gasteiger partial charge in [0.15, 0.2) is 0 Å². The van der Waals surface area contributed by atoms with Gasteiger partial charge in [-0.25, -0.2) is 0 Å². The molecule has 1 N–H and O–H groups in total. The summed E-state index contributed by atoms with van der Waals surface area (Å²) in [7, 11) is 0. The van der Waals surface area contributed by atoms with Gasteiger partial charge in [-0.3, -0.25) is 0 Å². The lowest BCUT2D eigenvalue weighted by atomic mass is 10.00. The van der Waals surface area contributed by atoms with Crippen molar-refractivity contribution in [2.24, 2.45) is 0 Å². The highest BCUT2D eigenvalue weighted by molar-refractivity contribution is 9.10. The summed E-state index contributed by atoms with van der Waals surface area (Å²) in [6, 6.07) is 8.62. The quantitative estimate of drug-likeness (QED) is 0.724. The van der Waals surface area contributed by atoms with Gasteiger partial charge in [0.2, 0.25) is 0 Å². The Morgan fingerprint density at radius 2 is 2.21 bits per heavy atom. The third-order valence-electron chi connectivity index (χ3n) is 3.11. The molecule has 0 amide bonds. The molecule has 0 aliphatic carbocycles. The van der Waals surface area contributed by atoms with Crippen molar-refractivity contribution in [3.05, 3.63) is 55.6 Å². The van der Waals surface area contributed by atoms with E-state index in [9.17, 15) is 0 Å². The standard InChI is InChI=1S/C15H17BrClNS/c1-2-18-14(7-6-11-8-9-19-10-11)12-4-3-5-13(16)15(12)17/h3-5,8-10,14,18H,2,6-7H2,1H3. The summed E-state index contributed by atoms with van der Waals surface area (Å²) in [6.45, 7) is 3.07. The summed E-state index contributed by atoms with van der Waals surface area (Å²) in [5, 5.41) is 8.69. The maximum Gasteiger partial charge on any atom is 0.0595 e. The highest BCUT2D eigenvalue weighted by atomic mass is 79.9. The molecule has 0 saturated carbocycles. The number of benzene rings is 1. The van der Waals surface area contributed by atoms with E-state index in [1.165, 1.54) is 11.1 Å². The lowest BCUT2D eigenvalue weighted by molar-refractivity contribution is 0.515. The van der Waals surface area contributed by atoms with Crippen molar-refractivity contribution >= 4 is 38.9 Å². The first kappa shape index (κ1) is 15.0. The fourth-order valence-corrected chi connectivity index (χ4v) is 3.49. The molecule has 1 nitrogen and oxygen atoms in total. The number of aryl methyl sites for hydroxylation is 1. The van der Waals surface area contributed by atoms with E-state index in [0.29, 0.717) is 6.04 Å². The van der Waals surface area contributed by atoms with E-state index >= 15 is 0 Å². The second-order valence-electron chi connectivity index (χ2n) is 4.42. The monoisotopic (exact) mass is 357 g/mol. The summed E-state index contributed by atoms with van der Waals surface area (Å²) in [5.41, 5.74) is 2.58. The van der Waals surface area contributed by atoms with Crippen LogP contribution < -0.4 is 5.32 Å². The van der Waals surface area contributed by atoms with Crippen LogP contribution in [-0.2, 0) is 6.42 Å². The topological polar surface area (TPSA) is 12.0 Å². The van der Waals surface area contributed by atoms with Crippen LogP contribution in [-0.4, -0.2) is 6.54 Å². The number of hydrogen-bond donors (Lipinski definition) is 1. The van der Waals surface area contributed by atoms with Gasteiger partial charge < -0.3 is 5.32 Å². The first-order valence-electron chi connectivity index (χ1n) is 6.40. The van der Waals surface area contributed by atoms with Crippen molar-refractivity contribution in [1.29, 1.82) is 0 Å². The number of hydrogen-bond acceptors (Lipinski definition) is 2. The third-order valence-corrected chi connectivity index (χ3v) is 5.15. The van der Waals surface area contributed by atoms with Crippen LogP contribution in [0.5, 0.6) is 0 Å². The van der Waals surface area contributed by atoms with E-state index < -0.39 is 0 Å².